The molecule has 0 spiro atoms. The third kappa shape index (κ3) is 3.52. The van der Waals surface area contributed by atoms with E-state index in [0.717, 1.165) is 17.3 Å². The van der Waals surface area contributed by atoms with Gasteiger partial charge in [-0.05, 0) is 25.0 Å². The fourth-order valence-electron chi connectivity index (χ4n) is 1.59. The van der Waals surface area contributed by atoms with Gasteiger partial charge in [0.25, 0.3) is 0 Å². The van der Waals surface area contributed by atoms with E-state index in [1.165, 1.54) is 6.07 Å². The summed E-state index contributed by atoms with van der Waals surface area (Å²) in [6, 6.07) is 4.69. The molecule has 16 heavy (non-hydrogen) atoms. The molecule has 0 aliphatic rings. The summed E-state index contributed by atoms with van der Waals surface area (Å²) >= 11 is 3.33. The van der Waals surface area contributed by atoms with Crippen molar-refractivity contribution >= 4 is 15.9 Å². The van der Waals surface area contributed by atoms with E-state index in [1.807, 2.05) is 0 Å². The first-order valence-electron chi connectivity index (χ1n) is 5.09. The van der Waals surface area contributed by atoms with Crippen LogP contribution in [-0.4, -0.2) is 13.7 Å². The maximum absolute atomic E-state index is 13.6. The summed E-state index contributed by atoms with van der Waals surface area (Å²) in [5, 5.41) is 0. The highest BCUT2D eigenvalue weighted by atomic mass is 79.9. The van der Waals surface area contributed by atoms with Crippen molar-refractivity contribution in [2.75, 3.05) is 13.7 Å². The number of hydrogen-bond acceptors (Lipinski definition) is 3. The van der Waals surface area contributed by atoms with Crippen LogP contribution in [0.25, 0.3) is 0 Å². The Bertz CT molecular complexity index is 316. The number of methoxy groups -OCH3 is 1. The lowest BCUT2D eigenvalue weighted by atomic mass is 10.0. The standard InChI is InChI=1S/C11H16BrFN2O/c1-16-7-3-6-10(15-14)11-8(12)4-2-5-9(11)13/h2,4-5,10,15H,3,6-7,14H2,1H3. The minimum atomic E-state index is -0.255. The SMILES string of the molecule is COCCCC(NN)c1c(F)cccc1Br. The summed E-state index contributed by atoms with van der Waals surface area (Å²) in [5.41, 5.74) is 3.20. The molecule has 0 aliphatic carbocycles. The molecule has 0 saturated carbocycles. The van der Waals surface area contributed by atoms with Gasteiger partial charge >= 0.3 is 0 Å². The van der Waals surface area contributed by atoms with Crippen molar-refractivity contribution in [1.82, 2.24) is 5.43 Å². The number of nitrogens with one attached hydrogen (secondary N) is 1. The first-order chi connectivity index (χ1) is 7.70. The molecule has 1 rings (SSSR count). The molecule has 0 amide bonds. The molecule has 0 bridgehead atoms. The largest absolute Gasteiger partial charge is 0.385 e. The Balaban J connectivity index is 2.78. The second-order valence-electron chi connectivity index (χ2n) is 3.49. The molecule has 0 aliphatic heterocycles. The third-order valence-corrected chi connectivity index (χ3v) is 3.08. The van der Waals surface area contributed by atoms with Gasteiger partial charge in [0, 0.05) is 23.8 Å². The van der Waals surface area contributed by atoms with E-state index in [-0.39, 0.29) is 11.9 Å². The van der Waals surface area contributed by atoms with Crippen LogP contribution in [0.1, 0.15) is 24.4 Å². The number of hydrogen-bond donors (Lipinski definition) is 2. The van der Waals surface area contributed by atoms with Gasteiger partial charge in [0.1, 0.15) is 5.82 Å². The summed E-state index contributed by atoms with van der Waals surface area (Å²) in [6.07, 6.45) is 1.55. The first-order valence-corrected chi connectivity index (χ1v) is 5.89. The maximum atomic E-state index is 13.6. The fourth-order valence-corrected chi connectivity index (χ4v) is 2.20. The highest BCUT2D eigenvalue weighted by Gasteiger charge is 2.16. The van der Waals surface area contributed by atoms with Gasteiger partial charge in [0.15, 0.2) is 0 Å². The van der Waals surface area contributed by atoms with E-state index in [0.29, 0.717) is 12.2 Å². The average Bonchev–Trinajstić information content (AvgIpc) is 2.26. The van der Waals surface area contributed by atoms with Crippen LogP contribution in [0.15, 0.2) is 22.7 Å². The normalized spacial score (nSPS) is 12.8. The fraction of sp³-hybridized carbons (Fsp3) is 0.455. The number of benzene rings is 1. The molecule has 3 nitrogen and oxygen atoms in total. The number of rotatable bonds is 6. The number of halogens is 2. The van der Waals surface area contributed by atoms with E-state index < -0.39 is 0 Å². The molecule has 0 aromatic heterocycles. The Morgan fingerprint density at radius 1 is 1.56 bits per heavy atom. The zero-order valence-electron chi connectivity index (χ0n) is 9.17. The maximum Gasteiger partial charge on any atom is 0.129 e. The Morgan fingerprint density at radius 2 is 2.31 bits per heavy atom. The van der Waals surface area contributed by atoms with Crippen LogP contribution in [0.4, 0.5) is 4.39 Å². The van der Waals surface area contributed by atoms with Crippen molar-refractivity contribution in [2.45, 2.75) is 18.9 Å². The lowest BCUT2D eigenvalue weighted by Crippen LogP contribution is -2.29. The Morgan fingerprint density at radius 3 is 2.88 bits per heavy atom. The van der Waals surface area contributed by atoms with Gasteiger partial charge in [-0.3, -0.25) is 11.3 Å². The summed E-state index contributed by atoms with van der Waals surface area (Å²) in [7, 11) is 1.64. The predicted molar refractivity (Wildman–Crippen MR) is 65.3 cm³/mol. The second-order valence-corrected chi connectivity index (χ2v) is 4.34. The van der Waals surface area contributed by atoms with Crippen molar-refractivity contribution < 1.29 is 9.13 Å². The van der Waals surface area contributed by atoms with Crippen molar-refractivity contribution in [2.24, 2.45) is 5.84 Å². The molecule has 90 valence electrons. The molecular formula is C11H16BrFN2O. The Labute approximate surface area is 103 Å². The first kappa shape index (κ1) is 13.6. The molecule has 1 unspecified atom stereocenters. The van der Waals surface area contributed by atoms with Gasteiger partial charge in [-0.15, -0.1) is 0 Å². The number of ether oxygens (including phenoxy) is 1. The Kier molecular flexibility index (Phi) is 5.90. The van der Waals surface area contributed by atoms with Crippen molar-refractivity contribution in [3.05, 3.63) is 34.1 Å². The van der Waals surface area contributed by atoms with Gasteiger partial charge in [0.05, 0.1) is 6.04 Å². The van der Waals surface area contributed by atoms with Gasteiger partial charge in [-0.1, -0.05) is 22.0 Å². The van der Waals surface area contributed by atoms with Gasteiger partial charge in [-0.25, -0.2) is 4.39 Å². The molecular weight excluding hydrogens is 275 g/mol. The molecule has 0 heterocycles. The molecule has 3 N–H and O–H groups in total. The zero-order valence-corrected chi connectivity index (χ0v) is 10.8. The average molecular weight is 291 g/mol. The van der Waals surface area contributed by atoms with Crippen LogP contribution in [0, 0.1) is 5.82 Å². The third-order valence-electron chi connectivity index (χ3n) is 2.39. The summed E-state index contributed by atoms with van der Waals surface area (Å²) < 4.78 is 19.3. The van der Waals surface area contributed by atoms with E-state index in [4.69, 9.17) is 10.6 Å². The summed E-state index contributed by atoms with van der Waals surface area (Å²) in [4.78, 5) is 0. The highest BCUT2D eigenvalue weighted by molar-refractivity contribution is 9.10. The monoisotopic (exact) mass is 290 g/mol. The minimum Gasteiger partial charge on any atom is -0.385 e. The molecule has 1 atom stereocenters. The van der Waals surface area contributed by atoms with Crippen LogP contribution >= 0.6 is 15.9 Å². The minimum absolute atomic E-state index is 0.203. The lowest BCUT2D eigenvalue weighted by molar-refractivity contribution is 0.188. The van der Waals surface area contributed by atoms with Crippen molar-refractivity contribution in [3.8, 4) is 0 Å². The van der Waals surface area contributed by atoms with Crippen LogP contribution in [0.2, 0.25) is 0 Å². The highest BCUT2D eigenvalue weighted by Crippen LogP contribution is 2.28. The molecule has 0 radical (unpaired) electrons. The van der Waals surface area contributed by atoms with E-state index in [9.17, 15) is 4.39 Å². The molecule has 0 fully saturated rings. The van der Waals surface area contributed by atoms with Gasteiger partial charge in [-0.2, -0.15) is 0 Å². The summed E-state index contributed by atoms with van der Waals surface area (Å²) in [5.74, 6) is 5.19. The van der Waals surface area contributed by atoms with Crippen molar-refractivity contribution in [3.63, 3.8) is 0 Å². The van der Waals surface area contributed by atoms with E-state index in [2.05, 4.69) is 21.4 Å². The molecule has 1 aromatic carbocycles. The smallest absolute Gasteiger partial charge is 0.129 e. The number of hydrazine groups is 1. The van der Waals surface area contributed by atoms with Gasteiger partial charge in [0.2, 0.25) is 0 Å². The number of nitrogens with two attached hydrogens (primary N) is 1. The topological polar surface area (TPSA) is 47.3 Å². The van der Waals surface area contributed by atoms with Crippen molar-refractivity contribution in [1.29, 1.82) is 0 Å². The summed E-state index contributed by atoms with van der Waals surface area (Å²) in [6.45, 7) is 0.643. The van der Waals surface area contributed by atoms with E-state index >= 15 is 0 Å². The second kappa shape index (κ2) is 6.96. The van der Waals surface area contributed by atoms with Crippen LogP contribution in [0.5, 0.6) is 0 Å². The quantitative estimate of drug-likeness (QED) is 0.481. The van der Waals surface area contributed by atoms with Gasteiger partial charge < -0.3 is 4.74 Å². The molecule has 0 saturated heterocycles. The zero-order chi connectivity index (χ0) is 12.0. The Hall–Kier alpha value is -0.490. The lowest BCUT2D eigenvalue weighted by Gasteiger charge is -2.18. The molecule has 1 aromatic rings. The van der Waals surface area contributed by atoms with Crippen LogP contribution in [0.3, 0.4) is 0 Å². The van der Waals surface area contributed by atoms with Crippen LogP contribution in [-0.2, 0) is 4.74 Å². The van der Waals surface area contributed by atoms with Crippen LogP contribution < -0.4 is 11.3 Å². The molecule has 5 heteroatoms. The van der Waals surface area contributed by atoms with E-state index in [1.54, 1.807) is 19.2 Å². The predicted octanol–water partition coefficient (Wildman–Crippen LogP) is 2.52.